The number of rotatable bonds is 0. The highest BCUT2D eigenvalue weighted by Crippen LogP contribution is 2.62. The average Bonchev–Trinajstić information content (AvgIpc) is 2.74. The largest absolute Gasteiger partial charge is 0.362 e. The molecule has 0 N–H and O–H groups in total. The van der Waals surface area contributed by atoms with Crippen molar-refractivity contribution in [3.8, 4) is 0 Å². The number of benzene rings is 1. The van der Waals surface area contributed by atoms with Gasteiger partial charge in [-0.05, 0) is 29.9 Å². The summed E-state index contributed by atoms with van der Waals surface area (Å²) in [6.07, 6.45) is 2.08. The Kier molecular flexibility index (Phi) is 2.62. The fourth-order valence-corrected chi connectivity index (χ4v) is 3.26. The van der Waals surface area contributed by atoms with E-state index in [1.54, 1.807) is 12.1 Å². The van der Waals surface area contributed by atoms with Crippen LogP contribution in [-0.2, 0) is 10.3 Å². The minimum absolute atomic E-state index is 0. The molecule has 0 amide bonds. The van der Waals surface area contributed by atoms with Crippen molar-refractivity contribution in [2.75, 3.05) is 0 Å². The van der Waals surface area contributed by atoms with E-state index >= 15 is 0 Å². The molecule has 1 saturated heterocycles. The summed E-state index contributed by atoms with van der Waals surface area (Å²) in [5.74, 6) is -0.102. The second-order valence-corrected chi connectivity index (χ2v) is 5.93. The van der Waals surface area contributed by atoms with Crippen molar-refractivity contribution in [3.05, 3.63) is 35.1 Å². The second-order valence-electron chi connectivity index (χ2n) is 5.93. The van der Waals surface area contributed by atoms with E-state index in [9.17, 15) is 4.39 Å². The summed E-state index contributed by atoms with van der Waals surface area (Å²) < 4.78 is 20.2. The molecule has 0 aromatic heterocycles. The molecule has 0 saturated carbocycles. The predicted octanol–water partition coefficient (Wildman–Crippen LogP) is 4.57. The van der Waals surface area contributed by atoms with Crippen LogP contribution < -0.4 is 0 Å². The fourth-order valence-electron chi connectivity index (χ4n) is 3.26. The minimum atomic E-state index is -0.404. The van der Waals surface area contributed by atoms with Gasteiger partial charge in [-0.2, -0.15) is 0 Å². The van der Waals surface area contributed by atoms with Crippen LogP contribution in [0.25, 0.3) is 0 Å². The quantitative estimate of drug-likeness (QED) is 0.641. The predicted molar refractivity (Wildman–Crippen MR) is 67.3 cm³/mol. The fraction of sp³-hybridized carbons (Fsp3) is 0.600. The van der Waals surface area contributed by atoms with Crippen LogP contribution in [-0.4, -0.2) is 0 Å². The van der Waals surface area contributed by atoms with E-state index in [0.717, 1.165) is 24.0 Å². The molecule has 1 aromatic rings. The number of fused-ring (bicyclic) bond motifs is 5. The van der Waals surface area contributed by atoms with Crippen LogP contribution in [0, 0.1) is 11.2 Å². The second kappa shape index (κ2) is 3.55. The van der Waals surface area contributed by atoms with Crippen molar-refractivity contribution in [1.29, 1.82) is 0 Å². The van der Waals surface area contributed by atoms with Crippen LogP contribution in [0.4, 0.5) is 4.39 Å². The maximum atomic E-state index is 14.0. The van der Waals surface area contributed by atoms with Gasteiger partial charge in [0, 0.05) is 5.56 Å². The topological polar surface area (TPSA) is 9.23 Å². The van der Waals surface area contributed by atoms with Gasteiger partial charge in [-0.25, -0.2) is 4.39 Å². The first kappa shape index (κ1) is 12.6. The maximum absolute atomic E-state index is 14.0. The Labute approximate surface area is 103 Å². The lowest BCUT2D eigenvalue weighted by Crippen LogP contribution is -2.38. The SMILES string of the molecule is C.CC(C)(C)C12CCC(O1)c1cccc(F)c12. The maximum Gasteiger partial charge on any atom is 0.129 e. The van der Waals surface area contributed by atoms with Gasteiger partial charge in [0.25, 0.3) is 0 Å². The first-order chi connectivity index (χ1) is 7.46. The van der Waals surface area contributed by atoms with Crippen molar-refractivity contribution >= 4 is 0 Å². The Hall–Kier alpha value is -0.890. The van der Waals surface area contributed by atoms with Crippen LogP contribution >= 0.6 is 0 Å². The van der Waals surface area contributed by atoms with Crippen LogP contribution in [0.3, 0.4) is 0 Å². The number of ether oxygens (including phenoxy) is 1. The summed E-state index contributed by atoms with van der Waals surface area (Å²) in [4.78, 5) is 0. The van der Waals surface area contributed by atoms with Crippen LogP contribution in [0.1, 0.15) is 58.3 Å². The zero-order chi connectivity index (χ0) is 11.6. The van der Waals surface area contributed by atoms with Gasteiger partial charge in [0.1, 0.15) is 11.4 Å². The molecule has 2 heteroatoms. The Morgan fingerprint density at radius 2 is 2.06 bits per heavy atom. The molecule has 0 aliphatic carbocycles. The molecule has 2 aliphatic heterocycles. The Balaban J connectivity index is 0.00000108. The van der Waals surface area contributed by atoms with Crippen molar-refractivity contribution in [3.63, 3.8) is 0 Å². The van der Waals surface area contributed by atoms with Gasteiger partial charge >= 0.3 is 0 Å². The van der Waals surface area contributed by atoms with Gasteiger partial charge in [-0.15, -0.1) is 0 Å². The van der Waals surface area contributed by atoms with Gasteiger partial charge in [-0.1, -0.05) is 40.3 Å². The molecule has 0 spiro atoms. The number of hydrogen-bond donors (Lipinski definition) is 0. The smallest absolute Gasteiger partial charge is 0.129 e. The third-order valence-corrected chi connectivity index (χ3v) is 4.11. The summed E-state index contributed by atoms with van der Waals surface area (Å²) >= 11 is 0. The summed E-state index contributed by atoms with van der Waals surface area (Å²) in [5, 5.41) is 0. The Morgan fingerprint density at radius 3 is 2.71 bits per heavy atom. The first-order valence-electron chi connectivity index (χ1n) is 5.92. The van der Waals surface area contributed by atoms with E-state index in [-0.39, 0.29) is 24.8 Å². The van der Waals surface area contributed by atoms with Crippen LogP contribution in [0.15, 0.2) is 18.2 Å². The Morgan fingerprint density at radius 1 is 1.35 bits per heavy atom. The van der Waals surface area contributed by atoms with Crippen molar-refractivity contribution in [2.45, 2.75) is 52.7 Å². The first-order valence-corrected chi connectivity index (χ1v) is 5.92. The normalized spacial score (nSPS) is 30.0. The molecule has 1 fully saturated rings. The lowest BCUT2D eigenvalue weighted by atomic mass is 9.67. The Bertz CT molecular complexity index is 447. The molecule has 2 heterocycles. The third-order valence-electron chi connectivity index (χ3n) is 4.11. The molecule has 2 atom stereocenters. The van der Waals surface area contributed by atoms with Gasteiger partial charge in [0.15, 0.2) is 0 Å². The summed E-state index contributed by atoms with van der Waals surface area (Å²) in [5.41, 5.74) is 1.42. The van der Waals surface area contributed by atoms with Crippen LogP contribution in [0.2, 0.25) is 0 Å². The van der Waals surface area contributed by atoms with Gasteiger partial charge < -0.3 is 4.74 Å². The van der Waals surface area contributed by atoms with E-state index in [1.807, 2.05) is 6.07 Å². The molecule has 1 aromatic carbocycles. The molecular weight excluding hydrogens is 215 g/mol. The zero-order valence-corrected chi connectivity index (χ0v) is 10.0. The molecule has 94 valence electrons. The van der Waals surface area contributed by atoms with Crippen LogP contribution in [0.5, 0.6) is 0 Å². The highest BCUT2D eigenvalue weighted by Gasteiger charge is 2.57. The number of halogens is 1. The average molecular weight is 236 g/mol. The third kappa shape index (κ3) is 1.40. The van der Waals surface area contributed by atoms with Crippen molar-refractivity contribution in [2.24, 2.45) is 5.41 Å². The molecule has 2 bridgehead atoms. The molecule has 1 nitrogen and oxygen atoms in total. The van der Waals surface area contributed by atoms with E-state index < -0.39 is 5.60 Å². The van der Waals surface area contributed by atoms with E-state index in [2.05, 4.69) is 20.8 Å². The number of hydrogen-bond acceptors (Lipinski definition) is 1. The molecule has 17 heavy (non-hydrogen) atoms. The summed E-state index contributed by atoms with van der Waals surface area (Å²) in [6, 6.07) is 5.35. The van der Waals surface area contributed by atoms with E-state index in [4.69, 9.17) is 4.74 Å². The molecular formula is C15H21FO. The highest BCUT2D eigenvalue weighted by molar-refractivity contribution is 5.43. The van der Waals surface area contributed by atoms with Crippen molar-refractivity contribution < 1.29 is 9.13 Å². The molecule has 2 unspecified atom stereocenters. The highest BCUT2D eigenvalue weighted by atomic mass is 19.1. The van der Waals surface area contributed by atoms with E-state index in [0.29, 0.717) is 0 Å². The minimum Gasteiger partial charge on any atom is -0.362 e. The van der Waals surface area contributed by atoms with Gasteiger partial charge in [0.2, 0.25) is 0 Å². The van der Waals surface area contributed by atoms with Crippen molar-refractivity contribution in [1.82, 2.24) is 0 Å². The summed E-state index contributed by atoms with van der Waals surface area (Å²) in [6.45, 7) is 6.41. The van der Waals surface area contributed by atoms with Gasteiger partial charge in [-0.3, -0.25) is 0 Å². The standard InChI is InChI=1S/C14H17FO.CH4/c1-13(2,3)14-8-7-11(16-14)9-5-4-6-10(15)12(9)14;/h4-6,11H,7-8H2,1-3H3;1H4. The lowest BCUT2D eigenvalue weighted by Gasteiger charge is -2.39. The monoisotopic (exact) mass is 236 g/mol. The zero-order valence-electron chi connectivity index (χ0n) is 10.0. The molecule has 3 rings (SSSR count). The van der Waals surface area contributed by atoms with E-state index in [1.165, 1.54) is 0 Å². The lowest BCUT2D eigenvalue weighted by molar-refractivity contribution is -0.0966. The van der Waals surface area contributed by atoms with Gasteiger partial charge in [0.05, 0.1) is 6.10 Å². The summed E-state index contributed by atoms with van der Waals surface area (Å²) in [7, 11) is 0. The molecule has 0 radical (unpaired) electrons. The molecule has 2 aliphatic rings.